The molecule has 0 saturated heterocycles. The minimum absolute atomic E-state index is 0.221. The second-order valence-corrected chi connectivity index (χ2v) is 5.67. The molecule has 0 aliphatic heterocycles. The summed E-state index contributed by atoms with van der Waals surface area (Å²) in [5.41, 5.74) is 3.76. The van der Waals surface area contributed by atoms with Crippen molar-refractivity contribution in [1.82, 2.24) is 5.32 Å². The summed E-state index contributed by atoms with van der Waals surface area (Å²) in [5.74, 6) is 0.927. The van der Waals surface area contributed by atoms with E-state index in [1.807, 2.05) is 19.1 Å². The lowest BCUT2D eigenvalue weighted by Crippen LogP contribution is -2.19. The van der Waals surface area contributed by atoms with Crippen molar-refractivity contribution in [2.75, 3.05) is 19.8 Å². The Morgan fingerprint density at radius 3 is 2.65 bits per heavy atom. The van der Waals surface area contributed by atoms with Crippen LogP contribution in [0.15, 0.2) is 48.5 Å². The molecule has 2 aromatic rings. The molecule has 2 aromatic carbocycles. The predicted molar refractivity (Wildman–Crippen MR) is 94.9 cm³/mol. The van der Waals surface area contributed by atoms with Gasteiger partial charge >= 0.3 is 0 Å². The van der Waals surface area contributed by atoms with E-state index in [1.165, 1.54) is 16.7 Å². The molecule has 23 heavy (non-hydrogen) atoms. The Bertz CT molecular complexity index is 598. The fraction of sp³-hybridized carbons (Fsp3) is 0.400. The molecule has 0 fully saturated rings. The van der Waals surface area contributed by atoms with Gasteiger partial charge in [-0.25, -0.2) is 0 Å². The van der Waals surface area contributed by atoms with Gasteiger partial charge in [0.25, 0.3) is 0 Å². The molecule has 3 nitrogen and oxygen atoms in total. The van der Waals surface area contributed by atoms with Crippen LogP contribution in [-0.2, 0) is 11.3 Å². The Labute approximate surface area is 139 Å². The maximum atomic E-state index is 5.87. The zero-order chi connectivity index (χ0) is 16.5. The molecule has 0 aliphatic carbocycles. The molecule has 2 rings (SSSR count). The molecule has 0 radical (unpaired) electrons. The fourth-order valence-electron chi connectivity index (χ4n) is 2.53. The van der Waals surface area contributed by atoms with Crippen LogP contribution in [0.1, 0.15) is 36.6 Å². The molecule has 1 atom stereocenters. The molecule has 1 unspecified atom stereocenters. The van der Waals surface area contributed by atoms with Crippen LogP contribution in [0.4, 0.5) is 0 Å². The summed E-state index contributed by atoms with van der Waals surface area (Å²) in [5, 5.41) is 3.57. The molecule has 0 spiro atoms. The SMILES string of the molecule is CCOCCOc1ccccc1C(C)NCc1cccc(C)c1. The highest BCUT2D eigenvalue weighted by molar-refractivity contribution is 5.35. The summed E-state index contributed by atoms with van der Waals surface area (Å²) < 4.78 is 11.2. The quantitative estimate of drug-likeness (QED) is 0.702. The van der Waals surface area contributed by atoms with Crippen LogP contribution < -0.4 is 10.1 Å². The van der Waals surface area contributed by atoms with E-state index in [2.05, 4.69) is 55.6 Å². The molecule has 0 aromatic heterocycles. The van der Waals surface area contributed by atoms with Gasteiger partial charge in [0, 0.05) is 24.8 Å². The number of hydrogen-bond acceptors (Lipinski definition) is 3. The van der Waals surface area contributed by atoms with Gasteiger partial charge in [0.15, 0.2) is 0 Å². The van der Waals surface area contributed by atoms with Gasteiger partial charge in [0.05, 0.1) is 6.61 Å². The van der Waals surface area contributed by atoms with Crippen LogP contribution in [0.5, 0.6) is 5.75 Å². The molecular weight excluding hydrogens is 286 g/mol. The van der Waals surface area contributed by atoms with Crippen LogP contribution >= 0.6 is 0 Å². The normalized spacial score (nSPS) is 12.1. The third-order valence-electron chi connectivity index (χ3n) is 3.77. The summed E-state index contributed by atoms with van der Waals surface area (Å²) in [7, 11) is 0. The van der Waals surface area contributed by atoms with Gasteiger partial charge in [-0.05, 0) is 32.4 Å². The van der Waals surface area contributed by atoms with Gasteiger partial charge in [-0.15, -0.1) is 0 Å². The topological polar surface area (TPSA) is 30.5 Å². The Balaban J connectivity index is 1.94. The third kappa shape index (κ3) is 5.70. The highest BCUT2D eigenvalue weighted by Crippen LogP contribution is 2.25. The van der Waals surface area contributed by atoms with E-state index in [-0.39, 0.29) is 6.04 Å². The minimum atomic E-state index is 0.221. The number of aryl methyl sites for hydroxylation is 1. The number of nitrogens with one attached hydrogen (secondary N) is 1. The predicted octanol–water partition coefficient (Wildman–Crippen LogP) is 4.26. The van der Waals surface area contributed by atoms with Crippen molar-refractivity contribution in [3.63, 3.8) is 0 Å². The molecule has 0 aliphatic rings. The number of ether oxygens (including phenoxy) is 2. The number of rotatable bonds is 9. The second-order valence-electron chi connectivity index (χ2n) is 5.67. The Morgan fingerprint density at radius 2 is 1.87 bits per heavy atom. The van der Waals surface area contributed by atoms with Crippen molar-refractivity contribution < 1.29 is 9.47 Å². The van der Waals surface area contributed by atoms with Crippen LogP contribution in [-0.4, -0.2) is 19.8 Å². The van der Waals surface area contributed by atoms with Crippen molar-refractivity contribution in [1.29, 1.82) is 0 Å². The molecule has 0 saturated carbocycles. The lowest BCUT2D eigenvalue weighted by molar-refractivity contribution is 0.109. The summed E-state index contributed by atoms with van der Waals surface area (Å²) in [6, 6.07) is 17.0. The second kappa shape index (κ2) is 9.33. The lowest BCUT2D eigenvalue weighted by atomic mass is 10.1. The van der Waals surface area contributed by atoms with Gasteiger partial charge < -0.3 is 14.8 Å². The van der Waals surface area contributed by atoms with Crippen LogP contribution in [0, 0.1) is 6.92 Å². The van der Waals surface area contributed by atoms with Gasteiger partial charge in [-0.1, -0.05) is 48.0 Å². The summed E-state index contributed by atoms with van der Waals surface area (Å²) in [6.45, 7) is 9.04. The maximum Gasteiger partial charge on any atom is 0.124 e. The Hall–Kier alpha value is -1.84. The van der Waals surface area contributed by atoms with Crippen molar-refractivity contribution in [3.05, 3.63) is 65.2 Å². The maximum absolute atomic E-state index is 5.87. The first-order valence-corrected chi connectivity index (χ1v) is 8.29. The first kappa shape index (κ1) is 17.5. The average molecular weight is 313 g/mol. The van der Waals surface area contributed by atoms with E-state index in [0.717, 1.165) is 18.9 Å². The van der Waals surface area contributed by atoms with Crippen molar-refractivity contribution in [3.8, 4) is 5.75 Å². The van der Waals surface area contributed by atoms with Gasteiger partial charge in [-0.2, -0.15) is 0 Å². The largest absolute Gasteiger partial charge is 0.491 e. The van der Waals surface area contributed by atoms with Crippen molar-refractivity contribution in [2.45, 2.75) is 33.4 Å². The third-order valence-corrected chi connectivity index (χ3v) is 3.77. The molecule has 124 valence electrons. The molecule has 0 heterocycles. The van der Waals surface area contributed by atoms with Gasteiger partial charge in [0.1, 0.15) is 12.4 Å². The lowest BCUT2D eigenvalue weighted by Gasteiger charge is -2.18. The van der Waals surface area contributed by atoms with E-state index >= 15 is 0 Å². The van der Waals surface area contributed by atoms with Crippen LogP contribution in [0.2, 0.25) is 0 Å². The molecule has 0 bridgehead atoms. The van der Waals surface area contributed by atoms with E-state index in [0.29, 0.717) is 13.2 Å². The smallest absolute Gasteiger partial charge is 0.124 e. The van der Waals surface area contributed by atoms with E-state index in [9.17, 15) is 0 Å². The van der Waals surface area contributed by atoms with E-state index in [4.69, 9.17) is 9.47 Å². The summed E-state index contributed by atoms with van der Waals surface area (Å²) >= 11 is 0. The number of para-hydroxylation sites is 1. The van der Waals surface area contributed by atoms with Gasteiger partial charge in [0.2, 0.25) is 0 Å². The van der Waals surface area contributed by atoms with Gasteiger partial charge in [-0.3, -0.25) is 0 Å². The molecule has 0 amide bonds. The summed E-state index contributed by atoms with van der Waals surface area (Å²) in [6.07, 6.45) is 0. The molecular formula is C20H27NO2. The van der Waals surface area contributed by atoms with Crippen molar-refractivity contribution >= 4 is 0 Å². The number of benzene rings is 2. The highest BCUT2D eigenvalue weighted by Gasteiger charge is 2.11. The Kier molecular flexibility index (Phi) is 7.11. The highest BCUT2D eigenvalue weighted by atomic mass is 16.5. The standard InChI is InChI=1S/C20H27NO2/c1-4-22-12-13-23-20-11-6-5-10-19(20)17(3)21-15-18-9-7-8-16(2)14-18/h5-11,14,17,21H,4,12-13,15H2,1-3H3. The van der Waals surface area contributed by atoms with E-state index < -0.39 is 0 Å². The number of hydrogen-bond donors (Lipinski definition) is 1. The molecule has 1 N–H and O–H groups in total. The zero-order valence-corrected chi connectivity index (χ0v) is 14.3. The average Bonchev–Trinajstić information content (AvgIpc) is 2.57. The minimum Gasteiger partial charge on any atom is -0.491 e. The zero-order valence-electron chi connectivity index (χ0n) is 14.3. The molecule has 3 heteroatoms. The monoisotopic (exact) mass is 313 g/mol. The summed E-state index contributed by atoms with van der Waals surface area (Å²) in [4.78, 5) is 0. The van der Waals surface area contributed by atoms with Crippen molar-refractivity contribution in [2.24, 2.45) is 0 Å². The van der Waals surface area contributed by atoms with Crippen LogP contribution in [0.25, 0.3) is 0 Å². The Morgan fingerprint density at radius 1 is 1.04 bits per heavy atom. The fourth-order valence-corrected chi connectivity index (χ4v) is 2.53. The van der Waals surface area contributed by atoms with E-state index in [1.54, 1.807) is 0 Å². The first-order chi connectivity index (χ1) is 11.2. The first-order valence-electron chi connectivity index (χ1n) is 8.29. The van der Waals surface area contributed by atoms with Crippen LogP contribution in [0.3, 0.4) is 0 Å².